The van der Waals surface area contributed by atoms with Gasteiger partial charge in [0, 0.05) is 82.5 Å². The van der Waals surface area contributed by atoms with E-state index in [4.69, 9.17) is 17.0 Å². The molecule has 0 aliphatic rings. The number of aromatic hydroxyl groups is 1. The summed E-state index contributed by atoms with van der Waals surface area (Å²) in [6, 6.07) is 13.4. The summed E-state index contributed by atoms with van der Waals surface area (Å²) in [6.07, 6.45) is 0. The molecule has 57 heavy (non-hydrogen) atoms. The average Bonchev–Trinajstić information content (AvgIpc) is 3.51. The predicted molar refractivity (Wildman–Crippen MR) is 214 cm³/mol. The van der Waals surface area contributed by atoms with Crippen molar-refractivity contribution in [3.8, 4) is 16.5 Å². The Morgan fingerprint density at radius 1 is 0.982 bits per heavy atom. The van der Waals surface area contributed by atoms with Crippen molar-refractivity contribution in [1.82, 2.24) is 24.5 Å². The number of aromatic nitrogens is 5. The zero-order valence-corrected chi connectivity index (χ0v) is 37.7. The minimum atomic E-state index is -4.86. The Hall–Kier alpha value is -3.91. The monoisotopic (exact) mass is 872 g/mol. The van der Waals surface area contributed by atoms with Gasteiger partial charge in [-0.25, -0.2) is 9.98 Å². The van der Waals surface area contributed by atoms with Gasteiger partial charge in [-0.3, -0.25) is 28.9 Å². The molecule has 6 aromatic rings. The van der Waals surface area contributed by atoms with Crippen molar-refractivity contribution in [1.29, 1.82) is 5.41 Å². The Labute approximate surface area is 376 Å². The molecule has 0 fully saturated rings. The van der Waals surface area contributed by atoms with Crippen LogP contribution in [-0.2, 0) is 26.8 Å². The number of rotatable bonds is 10. The molecular formula is C32H27ClN10Na2O9S3. The molecule has 286 valence electrons. The van der Waals surface area contributed by atoms with E-state index in [0.29, 0.717) is 32.0 Å². The van der Waals surface area contributed by atoms with Gasteiger partial charge in [-0.05, 0) is 86.5 Å². The van der Waals surface area contributed by atoms with Crippen LogP contribution in [0, 0.1) is 19.3 Å². The number of thiazole rings is 1. The summed E-state index contributed by atoms with van der Waals surface area (Å²) in [6.45, 7) is 4.34. The SMILES string of the molecule is CCn1c(O)c(N=Nc2cc(N=c3nc(Nc4ccc(-c5nc6ccc(C)c(S(=O)(=O)O)c6s5)cc4)nc(Cl)[nH]3)ccc2S(=O)(=O)O)c(C)c(C(=N)O)c1=O.[Na].[Na]. The molecule has 19 nitrogen and oxygen atoms in total. The molecule has 0 unspecified atom stereocenters. The third-order valence-electron chi connectivity index (χ3n) is 7.91. The van der Waals surface area contributed by atoms with Crippen LogP contribution in [0.4, 0.5) is 28.7 Å². The standard InChI is InChI=1S/C32H27ClN10O9S3.2Na/c1-4-43-28(45)22(26(34)44)15(3)23(29(43)46)42-41-20-13-18(10-12-21(20)54(47,48)49)36-32-39-30(33)38-31(40-32)35-17-8-6-16(7-9-17)27-37-19-11-5-14(2)25(24(19)53-27)55(50,51)52;;/h5-13,46H,4H2,1-3H3,(H2,34,44)(H,47,48,49)(H,50,51,52)(H2,35,36,38,39,40);;. The first kappa shape index (κ1) is 45.8. The number of halogens is 1. The van der Waals surface area contributed by atoms with E-state index in [1.165, 1.54) is 19.9 Å². The molecule has 0 atom stereocenters. The average molecular weight is 873 g/mol. The Balaban J connectivity index is 0.00000360. The largest absolute Gasteiger partial charge is 0.493 e. The molecule has 0 aliphatic heterocycles. The number of anilines is 2. The van der Waals surface area contributed by atoms with E-state index in [0.717, 1.165) is 28.0 Å². The number of H-pyrrole nitrogens is 1. The third-order valence-corrected chi connectivity index (χ3v) is 11.3. The van der Waals surface area contributed by atoms with E-state index in [2.05, 4.69) is 40.5 Å². The van der Waals surface area contributed by atoms with Crippen molar-refractivity contribution in [2.45, 2.75) is 37.1 Å². The zero-order chi connectivity index (χ0) is 40.0. The van der Waals surface area contributed by atoms with E-state index in [1.54, 1.807) is 43.3 Å². The Morgan fingerprint density at radius 3 is 2.28 bits per heavy atom. The maximum absolute atomic E-state index is 12.7. The molecule has 3 heterocycles. The third kappa shape index (κ3) is 9.87. The van der Waals surface area contributed by atoms with E-state index in [-0.39, 0.29) is 104 Å². The number of pyridine rings is 1. The van der Waals surface area contributed by atoms with Gasteiger partial charge in [0.05, 0.1) is 15.9 Å². The summed E-state index contributed by atoms with van der Waals surface area (Å²) in [4.78, 5) is 31.7. The molecule has 0 aliphatic carbocycles. The zero-order valence-electron chi connectivity index (χ0n) is 30.5. The number of hydrogen-bond acceptors (Lipinski definition) is 15. The van der Waals surface area contributed by atoms with Crippen LogP contribution < -0.4 is 16.5 Å². The van der Waals surface area contributed by atoms with E-state index < -0.39 is 53.7 Å². The summed E-state index contributed by atoms with van der Waals surface area (Å²) in [7, 11) is -9.34. The van der Waals surface area contributed by atoms with Gasteiger partial charge in [-0.15, -0.1) is 21.6 Å². The van der Waals surface area contributed by atoms with Crippen molar-refractivity contribution >= 4 is 147 Å². The second kappa shape index (κ2) is 17.9. The number of aliphatic hydroxyl groups excluding tert-OH is 1. The second-order valence-corrected chi connectivity index (χ2v) is 15.7. The topological polar surface area (TPSA) is 299 Å². The normalized spacial score (nSPS) is 12.1. The maximum Gasteiger partial charge on any atom is 0.296 e. The van der Waals surface area contributed by atoms with Crippen molar-refractivity contribution < 1.29 is 36.2 Å². The number of benzene rings is 3. The minimum Gasteiger partial charge on any atom is -0.493 e. The molecule has 0 saturated heterocycles. The number of fused-ring (bicyclic) bond motifs is 1. The number of aromatic amines is 1. The molecule has 3 aromatic heterocycles. The number of nitrogens with zero attached hydrogens (tertiary/aromatic N) is 7. The van der Waals surface area contributed by atoms with Crippen LogP contribution >= 0.6 is 22.9 Å². The maximum atomic E-state index is 12.7. The number of nitrogens with one attached hydrogen (secondary N) is 3. The van der Waals surface area contributed by atoms with Gasteiger partial charge in [0.25, 0.3) is 25.8 Å². The van der Waals surface area contributed by atoms with Crippen molar-refractivity contribution in [3.63, 3.8) is 0 Å². The van der Waals surface area contributed by atoms with Crippen LogP contribution in [0.2, 0.25) is 5.28 Å². The van der Waals surface area contributed by atoms with Crippen LogP contribution in [0.3, 0.4) is 0 Å². The summed E-state index contributed by atoms with van der Waals surface area (Å²) in [5.74, 6) is -1.74. The van der Waals surface area contributed by atoms with E-state index >= 15 is 0 Å². The van der Waals surface area contributed by atoms with Gasteiger partial charge in [0.2, 0.25) is 28.6 Å². The molecule has 0 saturated carbocycles. The summed E-state index contributed by atoms with van der Waals surface area (Å²) < 4.78 is 69.3. The molecule has 0 spiro atoms. The Bertz CT molecular complexity index is 2960. The van der Waals surface area contributed by atoms with Crippen LogP contribution in [0.5, 0.6) is 5.88 Å². The van der Waals surface area contributed by atoms with Crippen molar-refractivity contribution in [2.24, 2.45) is 15.2 Å². The van der Waals surface area contributed by atoms with Gasteiger partial charge in [0.1, 0.15) is 31.7 Å². The first-order valence-electron chi connectivity index (χ1n) is 15.6. The predicted octanol–water partition coefficient (Wildman–Crippen LogP) is 5.25. The number of hydrogen-bond donors (Lipinski definition) is 7. The van der Waals surface area contributed by atoms with Crippen LogP contribution in [-0.4, -0.2) is 126 Å². The first-order chi connectivity index (χ1) is 25.8. The molecule has 7 N–H and O–H groups in total. The van der Waals surface area contributed by atoms with Crippen molar-refractivity contribution in [2.75, 3.05) is 5.32 Å². The molecule has 3 aromatic carbocycles. The summed E-state index contributed by atoms with van der Waals surface area (Å²) in [5.41, 5.74) is -0.283. The molecule has 0 amide bonds. The fraction of sp³-hybridized carbons (Fsp3) is 0.125. The van der Waals surface area contributed by atoms with Crippen LogP contribution in [0.1, 0.15) is 23.6 Å². The second-order valence-electron chi connectivity index (χ2n) is 11.6. The van der Waals surface area contributed by atoms with E-state index in [9.17, 15) is 40.9 Å². The minimum absolute atomic E-state index is 0. The molecule has 0 bridgehead atoms. The van der Waals surface area contributed by atoms with Crippen LogP contribution in [0.15, 0.2) is 84.4 Å². The molecular weight excluding hydrogens is 846 g/mol. The van der Waals surface area contributed by atoms with Gasteiger partial charge in [-0.2, -0.15) is 26.8 Å². The van der Waals surface area contributed by atoms with Crippen molar-refractivity contribution in [3.05, 3.63) is 92.5 Å². The molecule has 6 rings (SSSR count). The van der Waals surface area contributed by atoms with Gasteiger partial charge in [0.15, 0.2) is 0 Å². The van der Waals surface area contributed by atoms with Gasteiger partial charge >= 0.3 is 0 Å². The summed E-state index contributed by atoms with van der Waals surface area (Å²) >= 11 is 7.33. The Kier molecular flexibility index (Phi) is 14.4. The fourth-order valence-electron chi connectivity index (χ4n) is 5.41. The van der Waals surface area contributed by atoms with E-state index in [1.807, 2.05) is 0 Å². The van der Waals surface area contributed by atoms with Crippen LogP contribution in [0.25, 0.3) is 20.8 Å². The first-order valence-corrected chi connectivity index (χ1v) is 19.6. The fourth-order valence-corrected chi connectivity index (χ4v) is 8.49. The molecule has 2 radical (unpaired) electrons. The smallest absolute Gasteiger partial charge is 0.296 e. The number of aryl methyl sites for hydroxylation is 1. The molecule has 25 heteroatoms. The van der Waals surface area contributed by atoms with Gasteiger partial charge < -0.3 is 15.5 Å². The number of azo groups is 1. The summed E-state index contributed by atoms with van der Waals surface area (Å²) in [5, 5.41) is 39.3. The van der Waals surface area contributed by atoms with Gasteiger partial charge in [-0.1, -0.05) is 6.07 Å². The Morgan fingerprint density at radius 2 is 1.67 bits per heavy atom. The quantitative estimate of drug-likeness (QED) is 0.0305. The number of aliphatic hydroxyl groups is 1.